The van der Waals surface area contributed by atoms with Crippen LogP contribution in [-0.4, -0.2) is 32.8 Å². The molecular formula is C23H29NO5. The van der Waals surface area contributed by atoms with E-state index in [1.165, 1.54) is 0 Å². The Morgan fingerprint density at radius 1 is 1.07 bits per heavy atom. The van der Waals surface area contributed by atoms with Crippen molar-refractivity contribution in [3.05, 3.63) is 47.5 Å². The Morgan fingerprint density at radius 3 is 2.52 bits per heavy atom. The zero-order chi connectivity index (χ0) is 21.0. The number of hydrogen-bond acceptors (Lipinski definition) is 5. The molecule has 2 aromatic carbocycles. The van der Waals surface area contributed by atoms with Crippen molar-refractivity contribution in [2.24, 2.45) is 0 Å². The lowest BCUT2D eigenvalue weighted by molar-refractivity contribution is -0.122. The number of benzene rings is 2. The summed E-state index contributed by atoms with van der Waals surface area (Å²) >= 11 is 0. The summed E-state index contributed by atoms with van der Waals surface area (Å²) in [5, 5.41) is 3.17. The van der Waals surface area contributed by atoms with Gasteiger partial charge < -0.3 is 24.3 Å². The molecule has 3 rings (SSSR count). The van der Waals surface area contributed by atoms with Gasteiger partial charge in [0.1, 0.15) is 17.1 Å². The second kappa shape index (κ2) is 8.64. The number of nitrogens with one attached hydrogen (secondary N) is 1. The van der Waals surface area contributed by atoms with Crippen LogP contribution in [0.5, 0.6) is 23.0 Å². The molecule has 1 heterocycles. The van der Waals surface area contributed by atoms with Gasteiger partial charge in [0.05, 0.1) is 27.4 Å². The number of amides is 1. The molecule has 29 heavy (non-hydrogen) atoms. The van der Waals surface area contributed by atoms with Crippen molar-refractivity contribution in [2.75, 3.05) is 21.3 Å². The van der Waals surface area contributed by atoms with Crippen molar-refractivity contribution in [1.82, 2.24) is 5.32 Å². The summed E-state index contributed by atoms with van der Waals surface area (Å²) in [5.74, 6) is 2.84. The molecule has 0 spiro atoms. The average Bonchev–Trinajstić information content (AvgIpc) is 2.70. The molecule has 156 valence electrons. The first-order valence-electron chi connectivity index (χ1n) is 9.72. The van der Waals surface area contributed by atoms with Gasteiger partial charge in [-0.25, -0.2) is 0 Å². The van der Waals surface area contributed by atoms with Crippen LogP contribution in [-0.2, 0) is 11.2 Å². The number of carbonyl (C=O) groups excluding carboxylic acids is 1. The number of aryl methyl sites for hydroxylation is 1. The van der Waals surface area contributed by atoms with E-state index in [9.17, 15) is 4.79 Å². The lowest BCUT2D eigenvalue weighted by Gasteiger charge is -2.38. The van der Waals surface area contributed by atoms with Gasteiger partial charge in [-0.15, -0.1) is 0 Å². The summed E-state index contributed by atoms with van der Waals surface area (Å²) in [6, 6.07) is 11.3. The summed E-state index contributed by atoms with van der Waals surface area (Å²) in [4.78, 5) is 12.7. The third-order valence-corrected chi connectivity index (χ3v) is 5.10. The Labute approximate surface area is 172 Å². The van der Waals surface area contributed by atoms with Gasteiger partial charge in [-0.3, -0.25) is 4.79 Å². The van der Waals surface area contributed by atoms with Gasteiger partial charge >= 0.3 is 0 Å². The summed E-state index contributed by atoms with van der Waals surface area (Å²) in [5.41, 5.74) is 1.63. The highest BCUT2D eigenvalue weighted by Crippen LogP contribution is 2.41. The fraction of sp³-hybridized carbons (Fsp3) is 0.435. The molecule has 0 fully saturated rings. The number of fused-ring (bicyclic) bond motifs is 1. The molecule has 0 bridgehead atoms. The van der Waals surface area contributed by atoms with E-state index in [-0.39, 0.29) is 17.6 Å². The highest BCUT2D eigenvalue weighted by molar-refractivity contribution is 5.77. The van der Waals surface area contributed by atoms with E-state index in [1.54, 1.807) is 21.3 Å². The van der Waals surface area contributed by atoms with Crippen LogP contribution in [0, 0.1) is 0 Å². The highest BCUT2D eigenvalue weighted by Gasteiger charge is 2.34. The number of ether oxygens (including phenoxy) is 4. The molecular weight excluding hydrogens is 370 g/mol. The van der Waals surface area contributed by atoms with Crippen LogP contribution in [0.1, 0.15) is 43.9 Å². The Bertz CT molecular complexity index is 878. The zero-order valence-electron chi connectivity index (χ0n) is 17.7. The molecule has 1 unspecified atom stereocenters. The van der Waals surface area contributed by atoms with Crippen molar-refractivity contribution < 1.29 is 23.7 Å². The van der Waals surface area contributed by atoms with Crippen molar-refractivity contribution in [2.45, 2.75) is 44.8 Å². The standard InChI is InChI=1S/C23H29NO5/c1-23(2)14-18(17-9-8-16(26-3)13-20(17)29-23)24-22(25)11-7-15-6-10-19(27-4)21(12-15)28-5/h6,8-10,12-13,18H,7,11,14H2,1-5H3,(H,24,25). The molecule has 0 aromatic heterocycles. The van der Waals surface area contributed by atoms with Crippen molar-refractivity contribution >= 4 is 5.91 Å². The predicted molar refractivity (Wildman–Crippen MR) is 111 cm³/mol. The Kier molecular flexibility index (Phi) is 6.20. The molecule has 1 aliphatic heterocycles. The average molecular weight is 399 g/mol. The molecule has 0 saturated carbocycles. The molecule has 0 aliphatic carbocycles. The lowest BCUT2D eigenvalue weighted by Crippen LogP contribution is -2.41. The predicted octanol–water partition coefficient (Wildman–Crippen LogP) is 4.06. The van der Waals surface area contributed by atoms with E-state index >= 15 is 0 Å². The van der Waals surface area contributed by atoms with E-state index < -0.39 is 0 Å². The Hall–Kier alpha value is -2.89. The first kappa shape index (κ1) is 20.8. The van der Waals surface area contributed by atoms with Gasteiger partial charge in [0.2, 0.25) is 5.91 Å². The Morgan fingerprint density at radius 2 is 1.83 bits per heavy atom. The van der Waals surface area contributed by atoms with Gasteiger partial charge in [-0.05, 0) is 50.1 Å². The molecule has 1 atom stereocenters. The summed E-state index contributed by atoms with van der Waals surface area (Å²) in [6.45, 7) is 4.05. The normalized spacial score (nSPS) is 16.9. The van der Waals surface area contributed by atoms with Crippen LogP contribution in [0.3, 0.4) is 0 Å². The second-order valence-electron chi connectivity index (χ2n) is 7.78. The molecule has 2 aromatic rings. The van der Waals surface area contributed by atoms with E-state index in [0.29, 0.717) is 30.8 Å². The number of carbonyl (C=O) groups is 1. The van der Waals surface area contributed by atoms with E-state index in [4.69, 9.17) is 18.9 Å². The van der Waals surface area contributed by atoms with Gasteiger partial charge in [0, 0.05) is 24.5 Å². The van der Waals surface area contributed by atoms with Crippen LogP contribution in [0.2, 0.25) is 0 Å². The lowest BCUT2D eigenvalue weighted by atomic mass is 9.89. The maximum atomic E-state index is 12.7. The number of rotatable bonds is 7. The topological polar surface area (TPSA) is 66.0 Å². The number of methoxy groups -OCH3 is 3. The minimum Gasteiger partial charge on any atom is -0.497 e. The summed E-state index contributed by atoms with van der Waals surface area (Å²) in [7, 11) is 4.84. The van der Waals surface area contributed by atoms with Crippen LogP contribution in [0.25, 0.3) is 0 Å². The quantitative estimate of drug-likeness (QED) is 0.760. The minimum absolute atomic E-state index is 0.00394. The monoisotopic (exact) mass is 399 g/mol. The smallest absolute Gasteiger partial charge is 0.220 e. The van der Waals surface area contributed by atoms with E-state index in [1.807, 2.05) is 50.2 Å². The Balaban J connectivity index is 1.68. The van der Waals surface area contributed by atoms with Crippen LogP contribution in [0.4, 0.5) is 0 Å². The highest BCUT2D eigenvalue weighted by atomic mass is 16.5. The fourth-order valence-electron chi connectivity index (χ4n) is 3.65. The van der Waals surface area contributed by atoms with Gasteiger partial charge in [-0.1, -0.05) is 6.07 Å². The van der Waals surface area contributed by atoms with Crippen molar-refractivity contribution in [3.63, 3.8) is 0 Å². The van der Waals surface area contributed by atoms with Gasteiger partial charge in [0.25, 0.3) is 0 Å². The maximum absolute atomic E-state index is 12.7. The first-order chi connectivity index (χ1) is 13.8. The summed E-state index contributed by atoms with van der Waals surface area (Å²) < 4.78 is 22.0. The summed E-state index contributed by atoms with van der Waals surface area (Å²) in [6.07, 6.45) is 1.71. The van der Waals surface area contributed by atoms with Crippen LogP contribution < -0.4 is 24.3 Å². The van der Waals surface area contributed by atoms with Crippen LogP contribution in [0.15, 0.2) is 36.4 Å². The third-order valence-electron chi connectivity index (χ3n) is 5.10. The molecule has 0 radical (unpaired) electrons. The molecule has 6 heteroatoms. The molecule has 1 aliphatic rings. The van der Waals surface area contributed by atoms with Gasteiger partial charge in [0.15, 0.2) is 11.5 Å². The molecule has 6 nitrogen and oxygen atoms in total. The number of hydrogen-bond donors (Lipinski definition) is 1. The van der Waals surface area contributed by atoms with Crippen LogP contribution >= 0.6 is 0 Å². The SMILES string of the molecule is COc1ccc2c(c1)OC(C)(C)CC2NC(=O)CCc1ccc(OC)c(OC)c1. The van der Waals surface area contributed by atoms with Crippen molar-refractivity contribution in [1.29, 1.82) is 0 Å². The van der Waals surface area contributed by atoms with E-state index in [0.717, 1.165) is 22.6 Å². The third kappa shape index (κ3) is 4.94. The molecule has 1 N–H and O–H groups in total. The molecule has 0 saturated heterocycles. The molecule has 1 amide bonds. The zero-order valence-corrected chi connectivity index (χ0v) is 17.7. The minimum atomic E-state index is -0.374. The maximum Gasteiger partial charge on any atom is 0.220 e. The fourth-order valence-corrected chi connectivity index (χ4v) is 3.65. The van der Waals surface area contributed by atoms with E-state index in [2.05, 4.69) is 5.32 Å². The second-order valence-corrected chi connectivity index (χ2v) is 7.78. The largest absolute Gasteiger partial charge is 0.497 e. The van der Waals surface area contributed by atoms with Gasteiger partial charge in [-0.2, -0.15) is 0 Å². The van der Waals surface area contributed by atoms with Crippen molar-refractivity contribution in [3.8, 4) is 23.0 Å². The first-order valence-corrected chi connectivity index (χ1v) is 9.72.